The number of sulfonamides is 1. The van der Waals surface area contributed by atoms with Crippen molar-refractivity contribution in [1.29, 1.82) is 0 Å². The highest BCUT2D eigenvalue weighted by Gasteiger charge is 2.26. The lowest BCUT2D eigenvalue weighted by atomic mass is 10.1. The molecule has 0 saturated carbocycles. The highest BCUT2D eigenvalue weighted by Crippen LogP contribution is 2.19. The number of benzene rings is 3. The summed E-state index contributed by atoms with van der Waals surface area (Å²) in [5, 5.41) is 2.77. The average molecular weight is 455 g/mol. The molecule has 0 aliphatic heterocycles. The Labute approximate surface area is 188 Å². The summed E-state index contributed by atoms with van der Waals surface area (Å²) < 4.78 is 39.1. The third-order valence-electron chi connectivity index (χ3n) is 4.68. The summed E-state index contributed by atoms with van der Waals surface area (Å²) in [4.78, 5) is 13.1. The molecule has 3 rings (SSSR count). The Kier molecular flexibility index (Phi) is 7.86. The molecule has 0 radical (unpaired) electrons. The van der Waals surface area contributed by atoms with Crippen molar-refractivity contribution in [3.05, 3.63) is 84.4 Å². The van der Waals surface area contributed by atoms with Gasteiger partial charge >= 0.3 is 0 Å². The summed E-state index contributed by atoms with van der Waals surface area (Å²) in [5.74, 6) is 0.678. The van der Waals surface area contributed by atoms with Gasteiger partial charge in [-0.2, -0.15) is 4.72 Å². The summed E-state index contributed by atoms with van der Waals surface area (Å²) in [5.41, 5.74) is 1.33. The number of ether oxygens (including phenoxy) is 2. The first kappa shape index (κ1) is 23.3. The average Bonchev–Trinajstić information content (AvgIpc) is 2.80. The molecule has 0 aliphatic carbocycles. The maximum Gasteiger partial charge on any atom is 0.242 e. The molecule has 3 aromatic carbocycles. The Morgan fingerprint density at radius 1 is 0.938 bits per heavy atom. The first-order chi connectivity index (χ1) is 15.4. The van der Waals surface area contributed by atoms with Gasteiger partial charge in [0.2, 0.25) is 15.9 Å². The molecule has 0 bridgehead atoms. The molecule has 3 aromatic rings. The minimum absolute atomic E-state index is 0.0493. The number of methoxy groups -OCH3 is 1. The SMILES string of the molecule is CCOc1ccc(S(=O)(=O)N[C@@H](Cc2ccccc2)C(=O)Nc2cccc(OC)c2)cc1. The van der Waals surface area contributed by atoms with Gasteiger partial charge in [-0.15, -0.1) is 0 Å². The van der Waals surface area contributed by atoms with Crippen molar-refractivity contribution < 1.29 is 22.7 Å². The Morgan fingerprint density at radius 3 is 2.31 bits per heavy atom. The fourth-order valence-electron chi connectivity index (χ4n) is 3.10. The van der Waals surface area contributed by atoms with Crippen molar-refractivity contribution >= 4 is 21.6 Å². The number of hydrogen-bond donors (Lipinski definition) is 2. The van der Waals surface area contributed by atoms with Gasteiger partial charge in [0.15, 0.2) is 0 Å². The molecule has 0 heterocycles. The Bertz CT molecular complexity index is 1130. The van der Waals surface area contributed by atoms with Gasteiger partial charge in [-0.25, -0.2) is 8.42 Å². The molecule has 168 valence electrons. The van der Waals surface area contributed by atoms with Crippen molar-refractivity contribution in [3.8, 4) is 11.5 Å². The molecule has 1 atom stereocenters. The molecule has 0 aromatic heterocycles. The lowest BCUT2D eigenvalue weighted by Crippen LogP contribution is -2.45. The van der Waals surface area contributed by atoms with Crippen LogP contribution in [0.3, 0.4) is 0 Å². The van der Waals surface area contributed by atoms with E-state index in [0.717, 1.165) is 5.56 Å². The largest absolute Gasteiger partial charge is 0.497 e. The number of carbonyl (C=O) groups excluding carboxylic acids is 1. The molecular weight excluding hydrogens is 428 g/mol. The van der Waals surface area contributed by atoms with Crippen LogP contribution in [0, 0.1) is 0 Å². The van der Waals surface area contributed by atoms with Crippen LogP contribution < -0.4 is 19.5 Å². The minimum Gasteiger partial charge on any atom is -0.497 e. The first-order valence-electron chi connectivity index (χ1n) is 10.2. The van der Waals surface area contributed by atoms with E-state index in [0.29, 0.717) is 23.8 Å². The fraction of sp³-hybridized carbons (Fsp3) is 0.208. The van der Waals surface area contributed by atoms with Crippen molar-refractivity contribution in [1.82, 2.24) is 4.72 Å². The lowest BCUT2D eigenvalue weighted by Gasteiger charge is -2.19. The van der Waals surface area contributed by atoms with E-state index >= 15 is 0 Å². The van der Waals surface area contributed by atoms with Crippen LogP contribution in [0.15, 0.2) is 83.8 Å². The zero-order chi connectivity index (χ0) is 23.0. The van der Waals surface area contributed by atoms with Crippen LogP contribution in [0.25, 0.3) is 0 Å². The Morgan fingerprint density at radius 2 is 1.66 bits per heavy atom. The van der Waals surface area contributed by atoms with E-state index in [4.69, 9.17) is 9.47 Å². The number of amides is 1. The van der Waals surface area contributed by atoms with E-state index in [2.05, 4.69) is 10.0 Å². The summed E-state index contributed by atoms with van der Waals surface area (Å²) in [6, 6.07) is 21.1. The number of hydrogen-bond acceptors (Lipinski definition) is 5. The number of nitrogens with one attached hydrogen (secondary N) is 2. The van der Waals surface area contributed by atoms with Crippen LogP contribution in [-0.2, 0) is 21.2 Å². The maximum absolute atomic E-state index is 13.1. The predicted molar refractivity (Wildman–Crippen MR) is 123 cm³/mol. The summed E-state index contributed by atoms with van der Waals surface area (Å²) >= 11 is 0. The molecule has 0 saturated heterocycles. The van der Waals surface area contributed by atoms with E-state index < -0.39 is 22.0 Å². The van der Waals surface area contributed by atoms with Crippen LogP contribution in [0.5, 0.6) is 11.5 Å². The van der Waals surface area contributed by atoms with E-state index in [9.17, 15) is 13.2 Å². The lowest BCUT2D eigenvalue weighted by molar-refractivity contribution is -0.117. The molecule has 32 heavy (non-hydrogen) atoms. The van der Waals surface area contributed by atoms with Crippen molar-refractivity contribution in [2.24, 2.45) is 0 Å². The molecule has 0 unspecified atom stereocenters. The van der Waals surface area contributed by atoms with Crippen molar-refractivity contribution in [2.45, 2.75) is 24.3 Å². The highest BCUT2D eigenvalue weighted by molar-refractivity contribution is 7.89. The van der Waals surface area contributed by atoms with Crippen LogP contribution >= 0.6 is 0 Å². The van der Waals surface area contributed by atoms with Crippen LogP contribution in [0.1, 0.15) is 12.5 Å². The minimum atomic E-state index is -3.95. The molecule has 0 aliphatic rings. The quantitative estimate of drug-likeness (QED) is 0.488. The van der Waals surface area contributed by atoms with Gasteiger partial charge < -0.3 is 14.8 Å². The highest BCUT2D eigenvalue weighted by atomic mass is 32.2. The number of anilines is 1. The van der Waals surface area contributed by atoms with Gasteiger partial charge in [-0.05, 0) is 55.3 Å². The van der Waals surface area contributed by atoms with Crippen molar-refractivity contribution in [3.63, 3.8) is 0 Å². The Hall–Kier alpha value is -3.36. The van der Waals surface area contributed by atoms with Gasteiger partial charge in [0.1, 0.15) is 17.5 Å². The first-order valence-corrected chi connectivity index (χ1v) is 11.6. The second kappa shape index (κ2) is 10.8. The van der Waals surface area contributed by atoms with Gasteiger partial charge in [0, 0.05) is 11.8 Å². The van der Waals surface area contributed by atoms with E-state index in [1.54, 1.807) is 36.4 Å². The molecule has 2 N–H and O–H groups in total. The smallest absolute Gasteiger partial charge is 0.242 e. The molecule has 0 fully saturated rings. The third kappa shape index (κ3) is 6.32. The summed E-state index contributed by atoms with van der Waals surface area (Å²) in [6.45, 7) is 2.33. The fourth-order valence-corrected chi connectivity index (χ4v) is 4.30. The normalized spacial score (nSPS) is 12.1. The van der Waals surface area contributed by atoms with Crippen LogP contribution in [0.2, 0.25) is 0 Å². The topological polar surface area (TPSA) is 93.7 Å². The van der Waals surface area contributed by atoms with E-state index in [-0.39, 0.29) is 11.3 Å². The predicted octanol–water partition coefficient (Wildman–Crippen LogP) is 3.62. The summed E-state index contributed by atoms with van der Waals surface area (Å²) in [7, 11) is -2.42. The van der Waals surface area contributed by atoms with Crippen LogP contribution in [0.4, 0.5) is 5.69 Å². The van der Waals surface area contributed by atoms with E-state index in [1.165, 1.54) is 19.2 Å². The summed E-state index contributed by atoms with van der Waals surface area (Å²) in [6.07, 6.45) is 0.187. The third-order valence-corrected chi connectivity index (χ3v) is 6.17. The second-order valence-electron chi connectivity index (χ2n) is 6.99. The van der Waals surface area contributed by atoms with Gasteiger partial charge in [-0.3, -0.25) is 4.79 Å². The molecule has 7 nitrogen and oxygen atoms in total. The van der Waals surface area contributed by atoms with Crippen molar-refractivity contribution in [2.75, 3.05) is 19.0 Å². The molecule has 0 spiro atoms. The maximum atomic E-state index is 13.1. The molecule has 8 heteroatoms. The second-order valence-corrected chi connectivity index (χ2v) is 8.70. The molecular formula is C24H26N2O5S. The van der Waals surface area contributed by atoms with Gasteiger partial charge in [0.05, 0.1) is 18.6 Å². The standard InChI is InChI=1S/C24H26N2O5S/c1-3-31-20-12-14-22(15-13-20)32(28,29)26-23(16-18-8-5-4-6-9-18)24(27)25-19-10-7-11-21(17-19)30-2/h4-15,17,23,26H,3,16H2,1-2H3,(H,25,27)/t23-/m0/s1. The van der Waals surface area contributed by atoms with Gasteiger partial charge in [-0.1, -0.05) is 36.4 Å². The molecule has 1 amide bonds. The van der Waals surface area contributed by atoms with E-state index in [1.807, 2.05) is 37.3 Å². The number of rotatable bonds is 10. The Balaban J connectivity index is 1.83. The zero-order valence-electron chi connectivity index (χ0n) is 17.9. The monoisotopic (exact) mass is 454 g/mol. The zero-order valence-corrected chi connectivity index (χ0v) is 18.8. The number of carbonyl (C=O) groups is 1. The van der Waals surface area contributed by atoms with Gasteiger partial charge in [0.25, 0.3) is 0 Å². The van der Waals surface area contributed by atoms with Crippen LogP contribution in [-0.4, -0.2) is 34.1 Å².